The first-order chi connectivity index (χ1) is 10.6. The highest BCUT2D eigenvalue weighted by Crippen LogP contribution is 2.43. The van der Waals surface area contributed by atoms with Crippen molar-refractivity contribution in [1.82, 2.24) is 0 Å². The van der Waals surface area contributed by atoms with E-state index in [1.165, 1.54) is 0 Å². The third-order valence-electron chi connectivity index (χ3n) is 4.98. The first kappa shape index (κ1) is 17.3. The molecule has 22 heavy (non-hydrogen) atoms. The second kappa shape index (κ2) is 8.56. The van der Waals surface area contributed by atoms with Crippen LogP contribution in [-0.4, -0.2) is 29.9 Å². The minimum Gasteiger partial charge on any atom is -0.495 e. The molecule has 4 heteroatoms. The van der Waals surface area contributed by atoms with Crippen LogP contribution in [0.5, 0.6) is 0 Å². The van der Waals surface area contributed by atoms with Gasteiger partial charge in [0.15, 0.2) is 0 Å². The van der Waals surface area contributed by atoms with Crippen LogP contribution in [0.4, 0.5) is 0 Å². The van der Waals surface area contributed by atoms with Crippen LogP contribution in [0.3, 0.4) is 0 Å². The molecule has 1 aliphatic heterocycles. The highest BCUT2D eigenvalue weighted by Gasteiger charge is 2.44. The molecule has 126 valence electrons. The van der Waals surface area contributed by atoms with Crippen LogP contribution >= 0.6 is 0 Å². The van der Waals surface area contributed by atoms with Gasteiger partial charge in [0, 0.05) is 18.8 Å². The first-order valence-electron chi connectivity index (χ1n) is 8.79. The van der Waals surface area contributed by atoms with E-state index >= 15 is 0 Å². The first-order valence-corrected chi connectivity index (χ1v) is 8.79. The van der Waals surface area contributed by atoms with Gasteiger partial charge in [0.05, 0.1) is 18.5 Å². The summed E-state index contributed by atoms with van der Waals surface area (Å²) in [5.74, 6) is 1.78. The Kier molecular flexibility index (Phi) is 6.74. The SMILES string of the molecule is CCOC(=O)CCCCCCC1C(O)CC2OC(C)=CCC21. The zero-order valence-corrected chi connectivity index (χ0v) is 13.9. The molecule has 4 unspecified atom stereocenters. The number of carbonyl (C=O) groups excluding carboxylic acids is 1. The van der Waals surface area contributed by atoms with Crippen LogP contribution in [0.15, 0.2) is 11.8 Å². The maximum absolute atomic E-state index is 11.2. The monoisotopic (exact) mass is 310 g/mol. The van der Waals surface area contributed by atoms with E-state index in [9.17, 15) is 9.90 Å². The van der Waals surface area contributed by atoms with Crippen molar-refractivity contribution in [3.05, 3.63) is 11.8 Å². The molecule has 0 aromatic heterocycles. The lowest BCUT2D eigenvalue weighted by Gasteiger charge is -2.29. The van der Waals surface area contributed by atoms with Crippen molar-refractivity contribution in [3.63, 3.8) is 0 Å². The molecule has 0 saturated heterocycles. The van der Waals surface area contributed by atoms with Crippen molar-refractivity contribution < 1.29 is 19.4 Å². The Balaban J connectivity index is 1.61. The Labute approximate surface area is 133 Å². The number of ether oxygens (including phenoxy) is 2. The summed E-state index contributed by atoms with van der Waals surface area (Å²) in [6.07, 6.45) is 9.79. The third kappa shape index (κ3) is 4.73. The van der Waals surface area contributed by atoms with Gasteiger partial charge in [-0.3, -0.25) is 4.79 Å². The number of hydrogen-bond acceptors (Lipinski definition) is 4. The Bertz CT molecular complexity index is 391. The number of fused-ring (bicyclic) bond motifs is 1. The molecule has 2 aliphatic rings. The maximum atomic E-state index is 11.2. The molecule has 0 spiro atoms. The lowest BCUT2D eigenvalue weighted by Crippen LogP contribution is -2.25. The van der Waals surface area contributed by atoms with Gasteiger partial charge in [-0.25, -0.2) is 0 Å². The highest BCUT2D eigenvalue weighted by atomic mass is 16.5. The summed E-state index contributed by atoms with van der Waals surface area (Å²) >= 11 is 0. The number of esters is 1. The van der Waals surface area contributed by atoms with E-state index in [0.29, 0.717) is 24.9 Å². The lowest BCUT2D eigenvalue weighted by atomic mass is 9.85. The van der Waals surface area contributed by atoms with Crippen LogP contribution in [0.1, 0.15) is 65.2 Å². The zero-order valence-electron chi connectivity index (χ0n) is 13.9. The topological polar surface area (TPSA) is 55.8 Å². The van der Waals surface area contributed by atoms with E-state index in [1.54, 1.807) is 0 Å². The van der Waals surface area contributed by atoms with Crippen LogP contribution in [-0.2, 0) is 14.3 Å². The van der Waals surface area contributed by atoms with Crippen molar-refractivity contribution in [2.75, 3.05) is 6.61 Å². The zero-order chi connectivity index (χ0) is 15.9. The van der Waals surface area contributed by atoms with Crippen molar-refractivity contribution in [3.8, 4) is 0 Å². The van der Waals surface area contributed by atoms with Gasteiger partial charge in [0.25, 0.3) is 0 Å². The van der Waals surface area contributed by atoms with E-state index in [2.05, 4.69) is 6.08 Å². The largest absolute Gasteiger partial charge is 0.495 e. The molecule has 0 aromatic carbocycles. The molecule has 1 heterocycles. The lowest BCUT2D eigenvalue weighted by molar-refractivity contribution is -0.143. The Morgan fingerprint density at radius 3 is 2.91 bits per heavy atom. The second-order valence-corrected chi connectivity index (χ2v) is 6.60. The normalized spacial score (nSPS) is 30.4. The molecule has 4 nitrogen and oxygen atoms in total. The number of unbranched alkanes of at least 4 members (excludes halogenated alkanes) is 3. The summed E-state index contributed by atoms with van der Waals surface area (Å²) in [5.41, 5.74) is 0. The summed E-state index contributed by atoms with van der Waals surface area (Å²) in [5, 5.41) is 10.3. The molecule has 0 bridgehead atoms. The summed E-state index contributed by atoms with van der Waals surface area (Å²) < 4.78 is 10.8. The Hall–Kier alpha value is -1.03. The van der Waals surface area contributed by atoms with Crippen LogP contribution in [0.2, 0.25) is 0 Å². The maximum Gasteiger partial charge on any atom is 0.305 e. The minimum atomic E-state index is -0.214. The van der Waals surface area contributed by atoms with E-state index in [1.807, 2.05) is 13.8 Å². The summed E-state index contributed by atoms with van der Waals surface area (Å²) in [6.45, 7) is 4.31. The molecule has 1 N–H and O–H groups in total. The molecular weight excluding hydrogens is 280 g/mol. The standard InChI is InChI=1S/C18H30O4/c1-3-21-18(20)9-7-5-4-6-8-14-15-11-10-13(2)22-17(15)12-16(14)19/h10,14-17,19H,3-9,11-12H2,1-2H3. The fourth-order valence-corrected chi connectivity index (χ4v) is 3.84. The van der Waals surface area contributed by atoms with E-state index < -0.39 is 0 Å². The van der Waals surface area contributed by atoms with Crippen LogP contribution < -0.4 is 0 Å². The van der Waals surface area contributed by atoms with Crippen molar-refractivity contribution in [1.29, 1.82) is 0 Å². The Morgan fingerprint density at radius 1 is 1.36 bits per heavy atom. The number of aliphatic hydroxyl groups excluding tert-OH is 1. The molecular formula is C18H30O4. The number of rotatable bonds is 8. The minimum absolute atomic E-state index is 0.0851. The molecule has 1 saturated carbocycles. The third-order valence-corrected chi connectivity index (χ3v) is 4.98. The molecule has 1 aliphatic carbocycles. The number of allylic oxidation sites excluding steroid dienone is 2. The fraction of sp³-hybridized carbons (Fsp3) is 0.833. The predicted molar refractivity (Wildman–Crippen MR) is 85.2 cm³/mol. The Morgan fingerprint density at radius 2 is 2.14 bits per heavy atom. The number of carbonyl (C=O) groups is 1. The molecule has 2 rings (SSSR count). The van der Waals surface area contributed by atoms with Crippen molar-refractivity contribution in [2.45, 2.75) is 77.4 Å². The average molecular weight is 310 g/mol. The summed E-state index contributed by atoms with van der Waals surface area (Å²) in [6, 6.07) is 0. The van der Waals surface area contributed by atoms with E-state index in [-0.39, 0.29) is 18.2 Å². The van der Waals surface area contributed by atoms with Gasteiger partial charge in [-0.15, -0.1) is 0 Å². The van der Waals surface area contributed by atoms with Gasteiger partial charge in [-0.05, 0) is 45.1 Å². The van der Waals surface area contributed by atoms with Crippen LogP contribution in [0.25, 0.3) is 0 Å². The molecule has 4 atom stereocenters. The predicted octanol–water partition coefficient (Wildman–Crippen LogP) is 3.58. The number of hydrogen-bond donors (Lipinski definition) is 1. The van der Waals surface area contributed by atoms with Crippen LogP contribution in [0, 0.1) is 11.8 Å². The quantitative estimate of drug-likeness (QED) is 0.550. The van der Waals surface area contributed by atoms with E-state index in [0.717, 1.165) is 50.7 Å². The second-order valence-electron chi connectivity index (χ2n) is 6.60. The molecule has 0 aromatic rings. The molecule has 1 fully saturated rings. The van der Waals surface area contributed by atoms with Gasteiger partial charge < -0.3 is 14.6 Å². The van der Waals surface area contributed by atoms with Crippen molar-refractivity contribution in [2.24, 2.45) is 11.8 Å². The smallest absolute Gasteiger partial charge is 0.305 e. The van der Waals surface area contributed by atoms with Crippen molar-refractivity contribution >= 4 is 5.97 Å². The number of aliphatic hydroxyl groups is 1. The molecule has 0 radical (unpaired) electrons. The van der Waals surface area contributed by atoms with E-state index in [4.69, 9.17) is 9.47 Å². The summed E-state index contributed by atoms with van der Waals surface area (Å²) in [4.78, 5) is 11.2. The van der Waals surface area contributed by atoms with Gasteiger partial charge in [-0.1, -0.05) is 19.3 Å². The van der Waals surface area contributed by atoms with Gasteiger partial charge >= 0.3 is 5.97 Å². The fourth-order valence-electron chi connectivity index (χ4n) is 3.84. The van der Waals surface area contributed by atoms with Gasteiger partial charge in [-0.2, -0.15) is 0 Å². The summed E-state index contributed by atoms with van der Waals surface area (Å²) in [7, 11) is 0. The van der Waals surface area contributed by atoms with Gasteiger partial charge in [0.2, 0.25) is 0 Å². The highest BCUT2D eigenvalue weighted by molar-refractivity contribution is 5.69. The van der Waals surface area contributed by atoms with Gasteiger partial charge in [0.1, 0.15) is 6.10 Å². The molecule has 0 amide bonds. The average Bonchev–Trinajstić information content (AvgIpc) is 2.77.